The number of hydrogen-bond acceptors (Lipinski definition) is 2. The fraction of sp³-hybridized carbons (Fsp3) is 0.600. The van der Waals surface area contributed by atoms with E-state index in [9.17, 15) is 0 Å². The number of nitrogens with zero attached hydrogens (tertiary/aromatic N) is 1. The van der Waals surface area contributed by atoms with Crippen LogP contribution in [0.4, 0.5) is 5.69 Å². The van der Waals surface area contributed by atoms with Crippen LogP contribution >= 0.6 is 0 Å². The van der Waals surface area contributed by atoms with Crippen LogP contribution < -0.4 is 5.32 Å². The van der Waals surface area contributed by atoms with Gasteiger partial charge in [-0.25, -0.2) is 0 Å². The SMILES string of the molecule is CCCN(CCNc1cccc(C)c1)C(C)C. The molecule has 0 bridgehead atoms. The van der Waals surface area contributed by atoms with E-state index in [1.165, 1.54) is 24.2 Å². The molecule has 0 fully saturated rings. The number of nitrogens with one attached hydrogen (secondary N) is 1. The third-order valence-electron chi connectivity index (χ3n) is 2.99. The van der Waals surface area contributed by atoms with Crippen molar-refractivity contribution in [3.8, 4) is 0 Å². The molecule has 0 aromatic heterocycles. The number of aryl methyl sites for hydroxylation is 1. The number of rotatable bonds is 7. The molecule has 0 radical (unpaired) electrons. The van der Waals surface area contributed by atoms with E-state index in [2.05, 4.69) is 62.2 Å². The van der Waals surface area contributed by atoms with E-state index in [-0.39, 0.29) is 0 Å². The van der Waals surface area contributed by atoms with Crippen LogP contribution in [0.5, 0.6) is 0 Å². The largest absolute Gasteiger partial charge is 0.384 e. The molecule has 17 heavy (non-hydrogen) atoms. The van der Waals surface area contributed by atoms with Gasteiger partial charge in [0.15, 0.2) is 0 Å². The Bertz CT molecular complexity index is 320. The molecule has 0 unspecified atom stereocenters. The molecule has 1 aromatic carbocycles. The molecule has 0 amide bonds. The molecule has 0 atom stereocenters. The van der Waals surface area contributed by atoms with E-state index in [4.69, 9.17) is 0 Å². The maximum absolute atomic E-state index is 3.49. The molecular formula is C15H26N2. The third-order valence-corrected chi connectivity index (χ3v) is 2.99. The Kier molecular flexibility index (Phi) is 6.06. The summed E-state index contributed by atoms with van der Waals surface area (Å²) in [5.41, 5.74) is 2.54. The van der Waals surface area contributed by atoms with E-state index in [0.29, 0.717) is 6.04 Å². The van der Waals surface area contributed by atoms with Crippen LogP contribution in [0.15, 0.2) is 24.3 Å². The second-order valence-electron chi connectivity index (χ2n) is 4.93. The first-order valence-electron chi connectivity index (χ1n) is 6.68. The van der Waals surface area contributed by atoms with E-state index >= 15 is 0 Å². The molecule has 2 nitrogen and oxygen atoms in total. The van der Waals surface area contributed by atoms with Crippen LogP contribution in [0, 0.1) is 6.92 Å². The van der Waals surface area contributed by atoms with Crippen molar-refractivity contribution in [1.82, 2.24) is 4.90 Å². The highest BCUT2D eigenvalue weighted by Gasteiger charge is 2.06. The Hall–Kier alpha value is -1.02. The summed E-state index contributed by atoms with van der Waals surface area (Å²) >= 11 is 0. The summed E-state index contributed by atoms with van der Waals surface area (Å²) in [5.74, 6) is 0. The van der Waals surface area contributed by atoms with Gasteiger partial charge in [0.05, 0.1) is 0 Å². The monoisotopic (exact) mass is 234 g/mol. The molecule has 0 spiro atoms. The zero-order valence-corrected chi connectivity index (χ0v) is 11.7. The highest BCUT2D eigenvalue weighted by molar-refractivity contribution is 5.45. The van der Waals surface area contributed by atoms with Gasteiger partial charge in [0, 0.05) is 24.8 Å². The van der Waals surface area contributed by atoms with Crippen molar-refractivity contribution in [2.45, 2.75) is 40.2 Å². The fourth-order valence-corrected chi connectivity index (χ4v) is 2.01. The second-order valence-corrected chi connectivity index (χ2v) is 4.93. The maximum Gasteiger partial charge on any atom is 0.0343 e. The van der Waals surface area contributed by atoms with E-state index in [1.54, 1.807) is 0 Å². The summed E-state index contributed by atoms with van der Waals surface area (Å²) < 4.78 is 0. The van der Waals surface area contributed by atoms with Gasteiger partial charge >= 0.3 is 0 Å². The van der Waals surface area contributed by atoms with Crippen LogP contribution in [0.3, 0.4) is 0 Å². The Morgan fingerprint density at radius 2 is 2.00 bits per heavy atom. The lowest BCUT2D eigenvalue weighted by Crippen LogP contribution is -2.35. The van der Waals surface area contributed by atoms with Crippen LogP contribution in [-0.2, 0) is 0 Å². The average Bonchev–Trinajstić information content (AvgIpc) is 2.28. The molecule has 96 valence electrons. The normalized spacial score (nSPS) is 11.2. The van der Waals surface area contributed by atoms with Gasteiger partial charge in [-0.1, -0.05) is 19.1 Å². The molecule has 0 heterocycles. The molecule has 2 heteroatoms. The first-order chi connectivity index (χ1) is 8.13. The van der Waals surface area contributed by atoms with E-state index < -0.39 is 0 Å². The minimum absolute atomic E-state index is 0.634. The third kappa shape index (κ3) is 5.22. The number of benzene rings is 1. The molecular weight excluding hydrogens is 208 g/mol. The molecule has 0 saturated carbocycles. The molecule has 1 rings (SSSR count). The van der Waals surface area contributed by atoms with E-state index in [0.717, 1.165) is 13.1 Å². The van der Waals surface area contributed by atoms with Gasteiger partial charge in [0.1, 0.15) is 0 Å². The summed E-state index contributed by atoms with van der Waals surface area (Å²) in [7, 11) is 0. The van der Waals surface area contributed by atoms with Crippen molar-refractivity contribution in [2.24, 2.45) is 0 Å². The first kappa shape index (κ1) is 14.0. The minimum Gasteiger partial charge on any atom is -0.384 e. The van der Waals surface area contributed by atoms with Gasteiger partial charge in [0.2, 0.25) is 0 Å². The summed E-state index contributed by atoms with van der Waals surface area (Å²) in [4.78, 5) is 2.52. The van der Waals surface area contributed by atoms with Gasteiger partial charge in [-0.15, -0.1) is 0 Å². The second kappa shape index (κ2) is 7.33. The fourth-order valence-electron chi connectivity index (χ4n) is 2.01. The van der Waals surface area contributed by atoms with E-state index in [1.807, 2.05) is 0 Å². The average molecular weight is 234 g/mol. The lowest BCUT2D eigenvalue weighted by Gasteiger charge is -2.26. The minimum atomic E-state index is 0.634. The van der Waals surface area contributed by atoms with Crippen molar-refractivity contribution in [3.05, 3.63) is 29.8 Å². The quantitative estimate of drug-likeness (QED) is 0.776. The van der Waals surface area contributed by atoms with Crippen LogP contribution in [0.2, 0.25) is 0 Å². The number of anilines is 1. The van der Waals surface area contributed by atoms with Gasteiger partial charge in [0.25, 0.3) is 0 Å². The number of hydrogen-bond donors (Lipinski definition) is 1. The summed E-state index contributed by atoms with van der Waals surface area (Å²) in [5, 5.41) is 3.49. The topological polar surface area (TPSA) is 15.3 Å². The van der Waals surface area contributed by atoms with Crippen molar-refractivity contribution < 1.29 is 0 Å². The molecule has 0 aliphatic heterocycles. The summed E-state index contributed by atoms with van der Waals surface area (Å²) in [6, 6.07) is 9.19. The Morgan fingerprint density at radius 1 is 1.24 bits per heavy atom. The Labute approximate surface area is 106 Å². The Morgan fingerprint density at radius 3 is 2.59 bits per heavy atom. The van der Waals surface area contributed by atoms with Gasteiger partial charge in [-0.2, -0.15) is 0 Å². The first-order valence-corrected chi connectivity index (χ1v) is 6.68. The smallest absolute Gasteiger partial charge is 0.0343 e. The van der Waals surface area contributed by atoms with Crippen molar-refractivity contribution in [2.75, 3.05) is 25.0 Å². The molecule has 1 aromatic rings. The maximum atomic E-state index is 3.49. The van der Waals surface area contributed by atoms with Gasteiger partial charge in [-0.3, -0.25) is 4.90 Å². The molecule has 0 aliphatic rings. The Balaban J connectivity index is 2.35. The highest BCUT2D eigenvalue weighted by atomic mass is 15.2. The van der Waals surface area contributed by atoms with Crippen LogP contribution in [0.1, 0.15) is 32.8 Å². The van der Waals surface area contributed by atoms with Crippen LogP contribution in [0.25, 0.3) is 0 Å². The van der Waals surface area contributed by atoms with Crippen molar-refractivity contribution in [1.29, 1.82) is 0 Å². The van der Waals surface area contributed by atoms with Crippen molar-refractivity contribution >= 4 is 5.69 Å². The predicted octanol–water partition coefficient (Wildman–Crippen LogP) is 3.53. The summed E-state index contributed by atoms with van der Waals surface area (Å²) in [6.45, 7) is 12.2. The van der Waals surface area contributed by atoms with Gasteiger partial charge in [-0.05, 0) is 51.4 Å². The molecule has 0 saturated heterocycles. The van der Waals surface area contributed by atoms with Crippen LogP contribution in [-0.4, -0.2) is 30.6 Å². The lowest BCUT2D eigenvalue weighted by atomic mass is 10.2. The zero-order valence-electron chi connectivity index (χ0n) is 11.7. The molecule has 0 aliphatic carbocycles. The lowest BCUT2D eigenvalue weighted by molar-refractivity contribution is 0.231. The highest BCUT2D eigenvalue weighted by Crippen LogP contribution is 2.09. The standard InChI is InChI=1S/C15H26N2/c1-5-10-17(13(2)3)11-9-16-15-8-6-7-14(4)12-15/h6-8,12-13,16H,5,9-11H2,1-4H3. The van der Waals surface area contributed by atoms with Gasteiger partial charge < -0.3 is 5.32 Å². The zero-order chi connectivity index (χ0) is 12.7. The predicted molar refractivity (Wildman–Crippen MR) is 76.7 cm³/mol. The van der Waals surface area contributed by atoms with Crippen molar-refractivity contribution in [3.63, 3.8) is 0 Å². The molecule has 1 N–H and O–H groups in total. The summed E-state index contributed by atoms with van der Waals surface area (Å²) in [6.07, 6.45) is 1.22.